The molecule has 27 heavy (non-hydrogen) atoms. The van der Waals surface area contributed by atoms with Crippen molar-refractivity contribution >= 4 is 50.5 Å². The van der Waals surface area contributed by atoms with Crippen molar-refractivity contribution in [2.24, 2.45) is 0 Å². The average Bonchev–Trinajstić information content (AvgIpc) is 3.08. The van der Waals surface area contributed by atoms with Gasteiger partial charge in [-0.2, -0.15) is 0 Å². The molecule has 3 aromatic carbocycles. The first-order valence-corrected chi connectivity index (χ1v) is 9.55. The molecule has 0 unspecified atom stereocenters. The zero-order valence-corrected chi connectivity index (χ0v) is 16.4. The smallest absolute Gasteiger partial charge is 0.145 e. The van der Waals surface area contributed by atoms with Crippen molar-refractivity contribution in [3.8, 4) is 11.3 Å². The van der Waals surface area contributed by atoms with E-state index in [0.29, 0.717) is 10.0 Å². The van der Waals surface area contributed by atoms with E-state index in [-0.39, 0.29) is 0 Å². The number of fused-ring (bicyclic) bond motifs is 6. The second-order valence-corrected chi connectivity index (χ2v) is 7.71. The summed E-state index contributed by atoms with van der Waals surface area (Å²) in [6, 6.07) is 18.5. The molecule has 0 radical (unpaired) electrons. The molecule has 132 valence electrons. The van der Waals surface area contributed by atoms with E-state index in [9.17, 15) is 0 Å². The lowest BCUT2D eigenvalue weighted by Crippen LogP contribution is -1.96. The predicted molar refractivity (Wildman–Crippen MR) is 115 cm³/mol. The van der Waals surface area contributed by atoms with Crippen LogP contribution in [0.15, 0.2) is 60.8 Å². The Morgan fingerprint density at radius 1 is 0.778 bits per heavy atom. The Bertz CT molecular complexity index is 1350. The van der Waals surface area contributed by atoms with Gasteiger partial charge >= 0.3 is 0 Å². The molecule has 4 heteroatoms. The lowest BCUT2D eigenvalue weighted by Gasteiger charge is -2.14. The van der Waals surface area contributed by atoms with Gasteiger partial charge in [-0.3, -0.25) is 4.40 Å². The highest BCUT2D eigenvalue weighted by Crippen LogP contribution is 2.39. The minimum atomic E-state index is 0.620. The van der Waals surface area contributed by atoms with Crippen LogP contribution in [0.4, 0.5) is 0 Å². The van der Waals surface area contributed by atoms with Crippen LogP contribution < -0.4 is 0 Å². The number of aryl methyl sites for hydroxylation is 2. The van der Waals surface area contributed by atoms with Crippen LogP contribution in [0.1, 0.15) is 11.1 Å². The molecule has 0 bridgehead atoms. The lowest BCUT2D eigenvalue weighted by molar-refractivity contribution is 1.25. The zero-order chi connectivity index (χ0) is 18.7. The Labute approximate surface area is 167 Å². The molecule has 0 aliphatic carbocycles. The maximum Gasteiger partial charge on any atom is 0.145 e. The Morgan fingerprint density at radius 2 is 1.44 bits per heavy atom. The van der Waals surface area contributed by atoms with Crippen LogP contribution in [0.2, 0.25) is 10.0 Å². The van der Waals surface area contributed by atoms with Gasteiger partial charge in [-0.1, -0.05) is 53.5 Å². The van der Waals surface area contributed by atoms with Crippen LogP contribution >= 0.6 is 23.2 Å². The molecule has 0 aliphatic rings. The fourth-order valence-corrected chi connectivity index (χ4v) is 4.41. The van der Waals surface area contributed by atoms with Gasteiger partial charge in [0.25, 0.3) is 0 Å². The standard InChI is InChI=1S/C23H16Cl2N2/c1-13-10-17-15-6-3-4-7-16(15)23-26-12-21(27(23)20(17)11-14(13)2)22-18(24)8-5-9-19(22)25/h3-12H,1-2H3. The van der Waals surface area contributed by atoms with E-state index in [1.54, 1.807) is 0 Å². The Hall–Kier alpha value is -2.55. The number of pyridine rings is 1. The molecule has 0 atom stereocenters. The molecule has 0 N–H and O–H groups in total. The summed E-state index contributed by atoms with van der Waals surface area (Å²) in [4.78, 5) is 4.75. The minimum Gasteiger partial charge on any atom is -0.292 e. The summed E-state index contributed by atoms with van der Waals surface area (Å²) in [5, 5.41) is 4.75. The normalized spacial score (nSPS) is 11.7. The van der Waals surface area contributed by atoms with Crippen molar-refractivity contribution in [3.63, 3.8) is 0 Å². The van der Waals surface area contributed by atoms with Crippen molar-refractivity contribution in [2.75, 3.05) is 0 Å². The van der Waals surface area contributed by atoms with Crippen LogP contribution in [-0.4, -0.2) is 9.38 Å². The van der Waals surface area contributed by atoms with E-state index in [2.05, 4.69) is 48.6 Å². The number of halogens is 2. The van der Waals surface area contributed by atoms with E-state index < -0.39 is 0 Å². The molecule has 0 aliphatic heterocycles. The van der Waals surface area contributed by atoms with Crippen molar-refractivity contribution in [2.45, 2.75) is 13.8 Å². The summed E-state index contributed by atoms with van der Waals surface area (Å²) in [7, 11) is 0. The van der Waals surface area contributed by atoms with Gasteiger partial charge in [0.2, 0.25) is 0 Å². The maximum absolute atomic E-state index is 6.52. The number of benzene rings is 3. The van der Waals surface area contributed by atoms with Gasteiger partial charge in [0.05, 0.1) is 27.5 Å². The van der Waals surface area contributed by atoms with Gasteiger partial charge in [0, 0.05) is 16.3 Å². The number of imidazole rings is 1. The molecule has 0 fully saturated rings. The van der Waals surface area contributed by atoms with Gasteiger partial charge in [-0.05, 0) is 54.6 Å². The fourth-order valence-electron chi connectivity index (χ4n) is 3.82. The molecule has 2 aromatic heterocycles. The van der Waals surface area contributed by atoms with Gasteiger partial charge in [0.1, 0.15) is 5.65 Å². The third-order valence-corrected chi connectivity index (χ3v) is 5.92. The van der Waals surface area contributed by atoms with E-state index in [1.165, 1.54) is 21.9 Å². The van der Waals surface area contributed by atoms with E-state index >= 15 is 0 Å². The maximum atomic E-state index is 6.52. The molecule has 5 aromatic rings. The van der Waals surface area contributed by atoms with E-state index in [0.717, 1.165) is 27.8 Å². The first kappa shape index (κ1) is 16.6. The van der Waals surface area contributed by atoms with E-state index in [4.69, 9.17) is 28.2 Å². The third kappa shape index (κ3) is 2.37. The van der Waals surface area contributed by atoms with Crippen LogP contribution in [0.5, 0.6) is 0 Å². The number of hydrogen-bond acceptors (Lipinski definition) is 1. The summed E-state index contributed by atoms with van der Waals surface area (Å²) in [6.07, 6.45) is 1.86. The largest absolute Gasteiger partial charge is 0.292 e. The highest BCUT2D eigenvalue weighted by atomic mass is 35.5. The summed E-state index contributed by atoms with van der Waals surface area (Å²) >= 11 is 13.0. The first-order valence-electron chi connectivity index (χ1n) is 8.80. The van der Waals surface area contributed by atoms with Crippen LogP contribution in [0.3, 0.4) is 0 Å². The Kier molecular flexibility index (Phi) is 3.68. The van der Waals surface area contributed by atoms with Gasteiger partial charge in [-0.15, -0.1) is 0 Å². The lowest BCUT2D eigenvalue weighted by atomic mass is 10.0. The minimum absolute atomic E-state index is 0.620. The van der Waals surface area contributed by atoms with Gasteiger partial charge < -0.3 is 0 Å². The molecule has 2 heterocycles. The summed E-state index contributed by atoms with van der Waals surface area (Å²) in [6.45, 7) is 4.28. The molecule has 0 amide bonds. The molecule has 5 rings (SSSR count). The van der Waals surface area contributed by atoms with Crippen molar-refractivity contribution in [3.05, 3.63) is 82.0 Å². The van der Waals surface area contributed by atoms with Crippen molar-refractivity contribution in [1.29, 1.82) is 0 Å². The Morgan fingerprint density at radius 3 is 2.19 bits per heavy atom. The monoisotopic (exact) mass is 390 g/mol. The number of rotatable bonds is 1. The molecular formula is C23H16Cl2N2. The molecule has 0 saturated heterocycles. The second kappa shape index (κ2) is 5.98. The van der Waals surface area contributed by atoms with Crippen LogP contribution in [-0.2, 0) is 0 Å². The van der Waals surface area contributed by atoms with Crippen molar-refractivity contribution < 1.29 is 0 Å². The Balaban J connectivity index is 2.07. The SMILES string of the molecule is Cc1cc2c3ccccc3c3ncc(-c4c(Cl)cccc4Cl)n3c2cc1C. The number of aromatic nitrogens is 2. The van der Waals surface area contributed by atoms with Gasteiger partial charge in [-0.25, -0.2) is 4.98 Å². The molecule has 0 spiro atoms. The fraction of sp³-hybridized carbons (Fsp3) is 0.0870. The summed E-state index contributed by atoms with van der Waals surface area (Å²) in [5.41, 5.74) is 6.24. The molecule has 2 nitrogen and oxygen atoms in total. The van der Waals surface area contributed by atoms with Crippen LogP contribution in [0, 0.1) is 13.8 Å². The quantitative estimate of drug-likeness (QED) is 0.276. The second-order valence-electron chi connectivity index (χ2n) is 6.90. The number of nitrogens with zero attached hydrogens (tertiary/aromatic N) is 2. The average molecular weight is 391 g/mol. The predicted octanol–water partition coefficient (Wildman–Crippen LogP) is 7.23. The van der Waals surface area contributed by atoms with Gasteiger partial charge in [0.15, 0.2) is 0 Å². The summed E-state index contributed by atoms with van der Waals surface area (Å²) < 4.78 is 2.18. The molecule has 0 saturated carbocycles. The topological polar surface area (TPSA) is 17.3 Å². The zero-order valence-electron chi connectivity index (χ0n) is 14.9. The summed E-state index contributed by atoms with van der Waals surface area (Å²) in [5.74, 6) is 0. The highest BCUT2D eigenvalue weighted by Gasteiger charge is 2.18. The highest BCUT2D eigenvalue weighted by molar-refractivity contribution is 6.39. The first-order chi connectivity index (χ1) is 13.1. The van der Waals surface area contributed by atoms with E-state index in [1.807, 2.05) is 30.5 Å². The molecular weight excluding hydrogens is 375 g/mol. The van der Waals surface area contributed by atoms with Crippen molar-refractivity contribution in [1.82, 2.24) is 9.38 Å². The number of hydrogen-bond donors (Lipinski definition) is 0. The van der Waals surface area contributed by atoms with Crippen LogP contribution in [0.25, 0.3) is 38.6 Å². The third-order valence-electron chi connectivity index (χ3n) is 5.29.